The molecular weight excluding hydrogens is 286 g/mol. The number of hydrogen-bond acceptors (Lipinski definition) is 4. The number of nitro groups is 1. The molecule has 1 atom stereocenters. The maximum atomic E-state index is 13.1. The van der Waals surface area contributed by atoms with Crippen molar-refractivity contribution in [2.45, 2.75) is 13.0 Å². The number of carbonyl (C=O) groups excluding carboxylic acids is 1. The number of nitrogens with one attached hydrogen (secondary N) is 1. The molecule has 0 aliphatic carbocycles. The van der Waals surface area contributed by atoms with E-state index in [-0.39, 0.29) is 5.76 Å². The van der Waals surface area contributed by atoms with Crippen molar-refractivity contribution in [3.63, 3.8) is 0 Å². The summed E-state index contributed by atoms with van der Waals surface area (Å²) in [5.41, 5.74) is 0.350. The second-order valence-electron chi connectivity index (χ2n) is 4.26. The molecule has 1 aromatic heterocycles. The molecule has 110 valence electrons. The number of amides is 1. The maximum absolute atomic E-state index is 13.1. The first-order valence-corrected chi connectivity index (χ1v) is 5.88. The normalized spacial score (nSPS) is 12.0. The summed E-state index contributed by atoms with van der Waals surface area (Å²) in [6, 6.07) is 4.82. The molecule has 8 heteroatoms. The minimum atomic E-state index is -1.03. The van der Waals surface area contributed by atoms with E-state index in [1.54, 1.807) is 6.92 Å². The van der Waals surface area contributed by atoms with Crippen LogP contribution in [0.25, 0.3) is 0 Å². The van der Waals surface area contributed by atoms with Crippen molar-refractivity contribution in [2.75, 3.05) is 0 Å². The molecule has 0 bridgehead atoms. The minimum Gasteiger partial charge on any atom is -0.395 e. The summed E-state index contributed by atoms with van der Waals surface area (Å²) in [7, 11) is 0. The zero-order valence-corrected chi connectivity index (χ0v) is 10.8. The van der Waals surface area contributed by atoms with Crippen LogP contribution in [0.2, 0.25) is 0 Å². The molecule has 1 N–H and O–H groups in total. The Morgan fingerprint density at radius 1 is 1.29 bits per heavy atom. The van der Waals surface area contributed by atoms with Crippen molar-refractivity contribution in [2.24, 2.45) is 0 Å². The van der Waals surface area contributed by atoms with E-state index in [0.29, 0.717) is 5.56 Å². The summed E-state index contributed by atoms with van der Waals surface area (Å²) in [6.07, 6.45) is 0. The van der Waals surface area contributed by atoms with Gasteiger partial charge in [-0.1, -0.05) is 6.07 Å². The lowest BCUT2D eigenvalue weighted by Crippen LogP contribution is -2.26. The second kappa shape index (κ2) is 5.70. The van der Waals surface area contributed by atoms with Gasteiger partial charge >= 0.3 is 5.88 Å². The number of benzene rings is 1. The average molecular weight is 296 g/mol. The Balaban J connectivity index is 2.10. The van der Waals surface area contributed by atoms with E-state index in [1.807, 2.05) is 0 Å². The van der Waals surface area contributed by atoms with E-state index >= 15 is 0 Å². The summed E-state index contributed by atoms with van der Waals surface area (Å²) in [5.74, 6) is -3.50. The molecule has 0 aliphatic heterocycles. The molecule has 0 spiro atoms. The summed E-state index contributed by atoms with van der Waals surface area (Å²) in [6.45, 7) is 1.56. The van der Waals surface area contributed by atoms with Gasteiger partial charge in [0, 0.05) is 0 Å². The molecule has 0 radical (unpaired) electrons. The van der Waals surface area contributed by atoms with Gasteiger partial charge in [0.1, 0.15) is 4.92 Å². The fraction of sp³-hybridized carbons (Fsp3) is 0.154. The van der Waals surface area contributed by atoms with Gasteiger partial charge in [0.15, 0.2) is 17.4 Å². The van der Waals surface area contributed by atoms with Crippen LogP contribution in [0, 0.1) is 21.7 Å². The Morgan fingerprint density at radius 2 is 2.00 bits per heavy atom. The maximum Gasteiger partial charge on any atom is 0.433 e. The summed E-state index contributed by atoms with van der Waals surface area (Å²) >= 11 is 0. The number of rotatable bonds is 4. The Kier molecular flexibility index (Phi) is 3.97. The number of carbonyl (C=O) groups is 1. The van der Waals surface area contributed by atoms with Crippen LogP contribution in [0.15, 0.2) is 34.7 Å². The van der Waals surface area contributed by atoms with E-state index in [2.05, 4.69) is 5.32 Å². The van der Waals surface area contributed by atoms with Crippen LogP contribution in [0.5, 0.6) is 0 Å². The zero-order valence-electron chi connectivity index (χ0n) is 10.8. The molecule has 1 amide bonds. The molecule has 0 saturated heterocycles. The third-order valence-electron chi connectivity index (χ3n) is 2.79. The lowest BCUT2D eigenvalue weighted by atomic mass is 10.1. The average Bonchev–Trinajstić information content (AvgIpc) is 2.91. The van der Waals surface area contributed by atoms with Crippen LogP contribution in [0.4, 0.5) is 14.7 Å². The van der Waals surface area contributed by atoms with Gasteiger partial charge in [-0.15, -0.1) is 0 Å². The van der Waals surface area contributed by atoms with Crippen molar-refractivity contribution in [1.29, 1.82) is 0 Å². The van der Waals surface area contributed by atoms with Gasteiger partial charge in [0.05, 0.1) is 12.1 Å². The summed E-state index contributed by atoms with van der Waals surface area (Å²) in [5, 5.41) is 12.9. The van der Waals surface area contributed by atoms with Crippen LogP contribution < -0.4 is 5.32 Å². The Bertz CT molecular complexity index is 699. The summed E-state index contributed by atoms with van der Waals surface area (Å²) in [4.78, 5) is 21.5. The zero-order chi connectivity index (χ0) is 15.6. The van der Waals surface area contributed by atoms with E-state index in [0.717, 1.165) is 24.3 Å². The molecule has 2 aromatic rings. The summed E-state index contributed by atoms with van der Waals surface area (Å²) < 4.78 is 30.7. The van der Waals surface area contributed by atoms with Crippen molar-refractivity contribution >= 4 is 11.8 Å². The molecular formula is C13H10F2N2O4. The standard InChI is InChI=1S/C13H10F2N2O4/c1-7(8-2-3-9(14)10(15)6-8)16-13(18)11-4-5-12(21-11)17(19)20/h2-7H,1H3,(H,16,18). The third kappa shape index (κ3) is 3.22. The Hall–Kier alpha value is -2.77. The van der Waals surface area contributed by atoms with E-state index < -0.39 is 34.4 Å². The van der Waals surface area contributed by atoms with E-state index in [4.69, 9.17) is 4.42 Å². The predicted molar refractivity (Wildman–Crippen MR) is 67.6 cm³/mol. The lowest BCUT2D eigenvalue weighted by Gasteiger charge is -2.13. The molecule has 21 heavy (non-hydrogen) atoms. The first kappa shape index (κ1) is 14.6. The molecule has 2 rings (SSSR count). The van der Waals surface area contributed by atoms with Crippen molar-refractivity contribution in [3.8, 4) is 0 Å². The first-order valence-electron chi connectivity index (χ1n) is 5.88. The molecule has 1 aromatic carbocycles. The van der Waals surface area contributed by atoms with Gasteiger partial charge in [-0.3, -0.25) is 14.9 Å². The minimum absolute atomic E-state index is 0.240. The largest absolute Gasteiger partial charge is 0.433 e. The van der Waals surface area contributed by atoms with Crippen molar-refractivity contribution in [1.82, 2.24) is 5.32 Å². The lowest BCUT2D eigenvalue weighted by molar-refractivity contribution is -0.402. The highest BCUT2D eigenvalue weighted by atomic mass is 19.2. The van der Waals surface area contributed by atoms with Gasteiger partial charge in [0.2, 0.25) is 0 Å². The molecule has 1 unspecified atom stereocenters. The van der Waals surface area contributed by atoms with Crippen LogP contribution in [-0.4, -0.2) is 10.8 Å². The van der Waals surface area contributed by atoms with Crippen LogP contribution in [0.3, 0.4) is 0 Å². The first-order chi connectivity index (χ1) is 9.88. The SMILES string of the molecule is CC(NC(=O)c1ccc([N+](=O)[O-])o1)c1ccc(F)c(F)c1. The highest BCUT2D eigenvalue weighted by Gasteiger charge is 2.19. The second-order valence-corrected chi connectivity index (χ2v) is 4.26. The molecule has 0 aliphatic rings. The number of hydrogen-bond donors (Lipinski definition) is 1. The predicted octanol–water partition coefficient (Wildman–Crippen LogP) is 2.96. The molecule has 6 nitrogen and oxygen atoms in total. The fourth-order valence-corrected chi connectivity index (χ4v) is 1.68. The monoisotopic (exact) mass is 296 g/mol. The fourth-order valence-electron chi connectivity index (χ4n) is 1.68. The molecule has 0 fully saturated rings. The van der Waals surface area contributed by atoms with Crippen LogP contribution in [-0.2, 0) is 0 Å². The van der Waals surface area contributed by atoms with Gasteiger partial charge < -0.3 is 9.73 Å². The van der Waals surface area contributed by atoms with Crippen LogP contribution >= 0.6 is 0 Å². The van der Waals surface area contributed by atoms with Crippen molar-refractivity contribution in [3.05, 3.63) is 63.4 Å². The Morgan fingerprint density at radius 3 is 2.57 bits per heavy atom. The van der Waals surface area contributed by atoms with E-state index in [1.165, 1.54) is 6.07 Å². The molecule has 1 heterocycles. The topological polar surface area (TPSA) is 85.4 Å². The smallest absolute Gasteiger partial charge is 0.395 e. The van der Waals surface area contributed by atoms with Crippen LogP contribution in [0.1, 0.15) is 29.1 Å². The third-order valence-corrected chi connectivity index (χ3v) is 2.79. The van der Waals surface area contributed by atoms with Gasteiger partial charge in [0.25, 0.3) is 5.91 Å². The Labute approximate surface area is 117 Å². The number of halogens is 2. The highest BCUT2D eigenvalue weighted by molar-refractivity contribution is 5.91. The van der Waals surface area contributed by atoms with Gasteiger partial charge in [-0.2, -0.15) is 0 Å². The quantitative estimate of drug-likeness (QED) is 0.694. The van der Waals surface area contributed by atoms with Gasteiger partial charge in [-0.25, -0.2) is 8.78 Å². The van der Waals surface area contributed by atoms with E-state index in [9.17, 15) is 23.7 Å². The number of furan rings is 1. The van der Waals surface area contributed by atoms with Gasteiger partial charge in [-0.05, 0) is 30.7 Å². The van der Waals surface area contributed by atoms with Crippen molar-refractivity contribution < 1.29 is 22.9 Å². The molecule has 0 saturated carbocycles. The highest BCUT2D eigenvalue weighted by Crippen LogP contribution is 2.19. The number of nitrogens with zero attached hydrogens (tertiary/aromatic N) is 1.